The molecule has 2 aromatic carbocycles. The molecular weight excluding hydrogens is 429 g/mol. The van der Waals surface area contributed by atoms with Crippen LogP contribution in [0, 0.1) is 5.82 Å². The predicted octanol–water partition coefficient (Wildman–Crippen LogP) is 3.69. The van der Waals surface area contributed by atoms with Crippen LogP contribution in [-0.4, -0.2) is 40.2 Å². The van der Waals surface area contributed by atoms with Crippen LogP contribution in [0.3, 0.4) is 0 Å². The van der Waals surface area contributed by atoms with E-state index in [0.717, 1.165) is 48.6 Å². The van der Waals surface area contributed by atoms with E-state index in [1.54, 1.807) is 12.1 Å². The van der Waals surface area contributed by atoms with E-state index in [0.29, 0.717) is 27.4 Å². The summed E-state index contributed by atoms with van der Waals surface area (Å²) >= 11 is 0.860. The molecule has 0 aliphatic carbocycles. The molecule has 2 aliphatic rings. The molecule has 2 saturated heterocycles. The third kappa shape index (κ3) is 3.96. The van der Waals surface area contributed by atoms with Crippen LogP contribution in [0.15, 0.2) is 47.6 Å². The van der Waals surface area contributed by atoms with E-state index in [-0.39, 0.29) is 11.9 Å². The van der Waals surface area contributed by atoms with Gasteiger partial charge in [-0.25, -0.2) is 14.4 Å². The van der Waals surface area contributed by atoms with Crippen molar-refractivity contribution < 1.29 is 14.0 Å². The van der Waals surface area contributed by atoms with Crippen molar-refractivity contribution in [3.63, 3.8) is 0 Å². The van der Waals surface area contributed by atoms with Crippen LogP contribution in [0.1, 0.15) is 18.4 Å². The number of imide groups is 1. The average molecular weight is 450 g/mol. The lowest BCUT2D eigenvalue weighted by atomic mass is 10.0. The van der Waals surface area contributed by atoms with Crippen molar-refractivity contribution in [1.82, 2.24) is 15.3 Å². The first-order chi connectivity index (χ1) is 15.5. The zero-order valence-corrected chi connectivity index (χ0v) is 17.9. The van der Waals surface area contributed by atoms with Crippen molar-refractivity contribution in [2.45, 2.75) is 18.9 Å². The molecule has 2 amide bonds. The minimum absolute atomic E-state index is 0.178. The van der Waals surface area contributed by atoms with E-state index < -0.39 is 11.1 Å². The van der Waals surface area contributed by atoms with Gasteiger partial charge in [-0.3, -0.25) is 14.9 Å². The Bertz CT molecular complexity index is 1270. The molecule has 1 aromatic heterocycles. The second-order valence-electron chi connectivity index (χ2n) is 7.84. The number of amides is 2. The van der Waals surface area contributed by atoms with Gasteiger partial charge in [0.15, 0.2) is 0 Å². The molecule has 0 saturated carbocycles. The molecule has 0 atom stereocenters. The largest absolute Gasteiger partial charge is 0.369 e. The highest BCUT2D eigenvalue weighted by Gasteiger charge is 2.25. The number of carbonyl (C=O) groups is 2. The van der Waals surface area contributed by atoms with E-state index in [2.05, 4.69) is 15.3 Å². The second kappa shape index (κ2) is 8.33. The number of hydrogen-bond donors (Lipinski definition) is 2. The Kier molecular flexibility index (Phi) is 5.36. The van der Waals surface area contributed by atoms with Crippen molar-refractivity contribution in [2.24, 2.45) is 5.73 Å². The van der Waals surface area contributed by atoms with Crippen LogP contribution >= 0.6 is 11.8 Å². The first-order valence-corrected chi connectivity index (χ1v) is 11.1. The molecular formula is C23H20FN5O2S. The highest BCUT2D eigenvalue weighted by atomic mass is 32.2. The minimum atomic E-state index is -0.416. The summed E-state index contributed by atoms with van der Waals surface area (Å²) in [6, 6.07) is 10.8. The fraction of sp³-hybridized carbons (Fsp3) is 0.217. The number of anilines is 1. The number of benzene rings is 2. The lowest BCUT2D eigenvalue weighted by Gasteiger charge is -2.32. The van der Waals surface area contributed by atoms with E-state index >= 15 is 4.39 Å². The lowest BCUT2D eigenvalue weighted by molar-refractivity contribution is -0.115. The smallest absolute Gasteiger partial charge is 0.290 e. The highest BCUT2D eigenvalue weighted by Crippen LogP contribution is 2.32. The van der Waals surface area contributed by atoms with Gasteiger partial charge in [-0.05, 0) is 60.5 Å². The SMILES string of the molecule is NC1CCN(c2ccc(-c3ncnc4ccc(C=C5SC(=O)NC5=O)cc34)cc2F)CC1. The van der Waals surface area contributed by atoms with Gasteiger partial charge in [-0.1, -0.05) is 12.1 Å². The minimum Gasteiger partial charge on any atom is -0.369 e. The van der Waals surface area contributed by atoms with E-state index in [4.69, 9.17) is 5.73 Å². The highest BCUT2D eigenvalue weighted by molar-refractivity contribution is 8.18. The Morgan fingerprint density at radius 2 is 1.94 bits per heavy atom. The summed E-state index contributed by atoms with van der Waals surface area (Å²) in [5, 5.41) is 2.58. The number of carbonyl (C=O) groups excluding carboxylic acids is 2. The molecule has 7 nitrogen and oxygen atoms in total. The summed E-state index contributed by atoms with van der Waals surface area (Å²) in [7, 11) is 0. The number of piperidine rings is 1. The Balaban J connectivity index is 1.51. The van der Waals surface area contributed by atoms with Gasteiger partial charge in [0.2, 0.25) is 0 Å². The molecule has 2 aliphatic heterocycles. The van der Waals surface area contributed by atoms with Gasteiger partial charge in [-0.15, -0.1) is 0 Å². The van der Waals surface area contributed by atoms with E-state index in [1.807, 2.05) is 29.2 Å². The fourth-order valence-electron chi connectivity index (χ4n) is 4.02. The Morgan fingerprint density at radius 3 is 2.66 bits per heavy atom. The number of nitrogens with one attached hydrogen (secondary N) is 1. The number of rotatable bonds is 3. The maximum Gasteiger partial charge on any atom is 0.290 e. The van der Waals surface area contributed by atoms with Crippen molar-refractivity contribution >= 4 is 45.6 Å². The molecule has 5 rings (SSSR count). The number of halogens is 1. The number of aromatic nitrogens is 2. The molecule has 32 heavy (non-hydrogen) atoms. The maximum absolute atomic E-state index is 15.0. The Hall–Kier alpha value is -3.30. The zero-order chi connectivity index (χ0) is 22.2. The van der Waals surface area contributed by atoms with Crippen molar-refractivity contribution in [2.75, 3.05) is 18.0 Å². The molecule has 2 fully saturated rings. The van der Waals surface area contributed by atoms with Crippen LogP contribution in [0.4, 0.5) is 14.9 Å². The van der Waals surface area contributed by atoms with E-state index in [9.17, 15) is 9.59 Å². The number of thioether (sulfide) groups is 1. The molecule has 3 heterocycles. The molecule has 0 bridgehead atoms. The van der Waals surface area contributed by atoms with Gasteiger partial charge in [-0.2, -0.15) is 0 Å². The van der Waals surface area contributed by atoms with Crippen molar-refractivity contribution in [1.29, 1.82) is 0 Å². The van der Waals surface area contributed by atoms with E-state index in [1.165, 1.54) is 12.4 Å². The summed E-state index contributed by atoms with van der Waals surface area (Å²) < 4.78 is 15.0. The number of fused-ring (bicyclic) bond motifs is 1. The van der Waals surface area contributed by atoms with Gasteiger partial charge in [0, 0.05) is 30.1 Å². The van der Waals surface area contributed by atoms with Crippen molar-refractivity contribution in [3.8, 4) is 11.3 Å². The third-order valence-electron chi connectivity index (χ3n) is 5.70. The molecule has 0 unspecified atom stereocenters. The van der Waals surface area contributed by atoms with Gasteiger partial charge in [0.1, 0.15) is 12.1 Å². The second-order valence-corrected chi connectivity index (χ2v) is 8.86. The zero-order valence-electron chi connectivity index (χ0n) is 17.0. The number of nitrogens with zero attached hydrogens (tertiary/aromatic N) is 3. The van der Waals surface area contributed by atoms with Gasteiger partial charge in [0.05, 0.1) is 21.8 Å². The Morgan fingerprint density at radius 1 is 1.12 bits per heavy atom. The molecule has 3 aromatic rings. The molecule has 9 heteroatoms. The molecule has 0 spiro atoms. The summed E-state index contributed by atoms with van der Waals surface area (Å²) in [4.78, 5) is 34.3. The normalized spacial score (nSPS) is 18.6. The van der Waals surface area contributed by atoms with Crippen LogP contribution in [0.5, 0.6) is 0 Å². The monoisotopic (exact) mass is 449 g/mol. The van der Waals surface area contributed by atoms with Crippen LogP contribution in [0.2, 0.25) is 0 Å². The van der Waals surface area contributed by atoms with Gasteiger partial charge in [0.25, 0.3) is 11.1 Å². The first kappa shape index (κ1) is 20.6. The topological polar surface area (TPSA) is 101 Å². The van der Waals surface area contributed by atoms with Crippen LogP contribution in [-0.2, 0) is 4.79 Å². The fourth-order valence-corrected chi connectivity index (χ4v) is 4.70. The summed E-state index contributed by atoms with van der Waals surface area (Å²) in [5.74, 6) is -0.721. The maximum atomic E-state index is 15.0. The predicted molar refractivity (Wildman–Crippen MR) is 123 cm³/mol. The molecule has 162 valence electrons. The number of hydrogen-bond acceptors (Lipinski definition) is 7. The lowest BCUT2D eigenvalue weighted by Crippen LogP contribution is -2.40. The molecule has 0 radical (unpaired) electrons. The van der Waals surface area contributed by atoms with Gasteiger partial charge >= 0.3 is 0 Å². The van der Waals surface area contributed by atoms with Crippen LogP contribution < -0.4 is 16.0 Å². The summed E-state index contributed by atoms with van der Waals surface area (Å²) in [6.07, 6.45) is 4.79. The van der Waals surface area contributed by atoms with Gasteiger partial charge < -0.3 is 10.6 Å². The quantitative estimate of drug-likeness (QED) is 0.588. The Labute approximate surface area is 187 Å². The summed E-state index contributed by atoms with van der Waals surface area (Å²) in [6.45, 7) is 1.47. The average Bonchev–Trinajstić information content (AvgIpc) is 3.10. The first-order valence-electron chi connectivity index (χ1n) is 10.3. The molecule has 3 N–H and O–H groups in total. The van der Waals surface area contributed by atoms with Crippen molar-refractivity contribution in [3.05, 3.63) is 59.0 Å². The van der Waals surface area contributed by atoms with Crippen LogP contribution in [0.25, 0.3) is 28.2 Å². The number of nitrogens with two attached hydrogens (primary N) is 1. The summed E-state index contributed by atoms with van der Waals surface area (Å²) in [5.41, 5.74) is 9.20. The third-order valence-corrected chi connectivity index (χ3v) is 6.51. The standard InChI is InChI=1S/C23H20FN5O2S/c24-17-11-14(2-4-19(17)29-7-5-15(25)6-8-29)21-16-9-13(1-3-18(16)26-12-27-21)10-20-22(30)28-23(31)32-20/h1-4,9-12,15H,5-8,25H2,(H,28,30,31).